The highest BCUT2D eigenvalue weighted by Gasteiger charge is 2.45. The van der Waals surface area contributed by atoms with Gasteiger partial charge >= 0.3 is 48.0 Å². The van der Waals surface area contributed by atoms with Gasteiger partial charge in [-0.1, -0.05) is 30.3 Å². The van der Waals surface area contributed by atoms with Crippen LogP contribution in [0, 0.1) is 0 Å². The maximum Gasteiger partial charge on any atom is 0.407 e. The zero-order valence-corrected chi connectivity index (χ0v) is 40.2. The van der Waals surface area contributed by atoms with Crippen molar-refractivity contribution in [2.45, 2.75) is 155 Å². The molecule has 0 spiro atoms. The van der Waals surface area contributed by atoms with Crippen molar-refractivity contribution in [2.75, 3.05) is 52.7 Å². The van der Waals surface area contributed by atoms with Crippen LogP contribution in [0.15, 0.2) is 30.3 Å². The van der Waals surface area contributed by atoms with E-state index >= 15 is 0 Å². The summed E-state index contributed by atoms with van der Waals surface area (Å²) in [7, 11) is 0. The molecular weight excluding hydrogens is 916 g/mol. The van der Waals surface area contributed by atoms with Crippen LogP contribution in [-0.2, 0) is 97.0 Å². The maximum atomic E-state index is 12.6. The van der Waals surface area contributed by atoms with Crippen LogP contribution in [0.25, 0.3) is 0 Å². The molecule has 0 aromatic heterocycles. The zero-order valence-electron chi connectivity index (χ0n) is 40.2. The van der Waals surface area contributed by atoms with Crippen LogP contribution in [0.4, 0.5) is 9.59 Å². The van der Waals surface area contributed by atoms with E-state index in [0.717, 1.165) is 5.56 Å². The summed E-state index contributed by atoms with van der Waals surface area (Å²) in [6.45, 7) is 7.70. The fourth-order valence-electron chi connectivity index (χ4n) is 7.00. The monoisotopic (exact) mass is 984 g/mol. The van der Waals surface area contributed by atoms with Crippen molar-refractivity contribution in [3.05, 3.63) is 35.9 Å². The lowest BCUT2D eigenvalue weighted by Crippen LogP contribution is -2.54. The van der Waals surface area contributed by atoms with Gasteiger partial charge in [0.1, 0.15) is 56.9 Å². The van der Waals surface area contributed by atoms with E-state index in [0.29, 0.717) is 51.6 Å². The van der Waals surface area contributed by atoms with Crippen molar-refractivity contribution in [1.82, 2.24) is 10.6 Å². The molecule has 23 nitrogen and oxygen atoms in total. The number of alkyl carbamates (subject to hydrolysis) is 2. The third-order valence-corrected chi connectivity index (χ3v) is 10.0. The molecule has 2 saturated heterocycles. The number of amides is 2. The second kappa shape index (κ2) is 32.2. The van der Waals surface area contributed by atoms with Gasteiger partial charge < -0.3 is 72.2 Å². The fourth-order valence-corrected chi connectivity index (χ4v) is 7.00. The Bertz CT molecular complexity index is 1660. The van der Waals surface area contributed by atoms with Gasteiger partial charge in [0.05, 0.1) is 6.61 Å². The van der Waals surface area contributed by atoms with E-state index in [-0.39, 0.29) is 59.1 Å². The number of unbranched alkanes of at least 4 members (excludes halogenated alkanes) is 4. The second-order valence-electron chi connectivity index (χ2n) is 16.1. The summed E-state index contributed by atoms with van der Waals surface area (Å²) in [5.41, 5.74) is 0.865. The highest BCUT2D eigenvalue weighted by molar-refractivity contribution is 5.69. The van der Waals surface area contributed by atoms with Gasteiger partial charge in [0.15, 0.2) is 24.8 Å². The topological polar surface area (TPSA) is 281 Å². The summed E-state index contributed by atoms with van der Waals surface area (Å²) >= 11 is 0. The van der Waals surface area contributed by atoms with Crippen molar-refractivity contribution in [1.29, 1.82) is 0 Å². The van der Waals surface area contributed by atoms with Crippen molar-refractivity contribution in [2.24, 2.45) is 0 Å². The molecule has 2 aliphatic heterocycles. The molecule has 2 N–H and O–H groups in total. The minimum Gasteiger partial charge on any atom is -0.463 e. The van der Waals surface area contributed by atoms with E-state index in [1.165, 1.54) is 41.5 Å². The molecule has 1 aromatic carbocycles. The van der Waals surface area contributed by atoms with Gasteiger partial charge in [-0.15, -0.1) is 0 Å². The Morgan fingerprint density at radius 3 is 1.35 bits per heavy atom. The van der Waals surface area contributed by atoms with Gasteiger partial charge in [0, 0.05) is 80.7 Å². The molecule has 2 amide bonds. The number of hydrogen-bond acceptors (Lipinski definition) is 21. The molecule has 1 aromatic rings. The lowest BCUT2D eigenvalue weighted by molar-refractivity contribution is -0.266. The van der Waals surface area contributed by atoms with Gasteiger partial charge in [0.25, 0.3) is 0 Å². The first-order valence-electron chi connectivity index (χ1n) is 23.0. The third kappa shape index (κ3) is 25.0. The van der Waals surface area contributed by atoms with E-state index in [1.54, 1.807) is 0 Å². The van der Waals surface area contributed by atoms with Crippen LogP contribution in [0.1, 0.15) is 98.5 Å². The normalized spacial score (nSPS) is 22.0. The lowest BCUT2D eigenvalue weighted by atomic mass is 10.0. The Morgan fingerprint density at radius 1 is 0.536 bits per heavy atom. The lowest BCUT2D eigenvalue weighted by Gasteiger charge is -2.39. The standard InChI is InChI=1S/C46H68N2O21/c1-29(49)59-27-39-43(66-33(5)53)37(64-31(3)51)22-41(68-39)57-20-14-8-12-18-47-45(55)62-25-36(61-24-35-16-10-7-11-17-35)26-63-46(56)48-19-13-9-15-21-58-42-23-38(65-32(4)52)44(67-34(6)54)40(69-42)28-60-30(2)50/h7,10-11,16-17,36-44H,8-9,12-15,18-28H2,1-6H3,(H,47,55)(H,48,56)/t37-,38-,39-,40-,41-,42-,43-,44-/m1/s1. The maximum absolute atomic E-state index is 12.6. The SMILES string of the molecule is CC(=O)OC[C@H]1O[C@@H](OCCCCCNC(=O)OCC(COC(=O)NCCCCCO[C@H]2C[C@@H](OC(C)=O)[C@@H](OC(C)=O)[C@@H](COC(C)=O)O2)OCc2ccccc2)C[C@@H](OC(C)=O)[C@H]1OC(C)=O. The Hall–Kier alpha value is -5.62. The highest BCUT2D eigenvalue weighted by Crippen LogP contribution is 2.29. The minimum absolute atomic E-state index is 0.0834. The van der Waals surface area contributed by atoms with Crippen molar-refractivity contribution in [3.8, 4) is 0 Å². The molecule has 2 fully saturated rings. The second-order valence-corrected chi connectivity index (χ2v) is 16.1. The van der Waals surface area contributed by atoms with Gasteiger partial charge in [-0.3, -0.25) is 28.8 Å². The highest BCUT2D eigenvalue weighted by atomic mass is 16.7. The molecule has 0 saturated carbocycles. The molecule has 69 heavy (non-hydrogen) atoms. The zero-order chi connectivity index (χ0) is 50.6. The van der Waals surface area contributed by atoms with Gasteiger partial charge in [-0.2, -0.15) is 0 Å². The number of esters is 6. The summed E-state index contributed by atoms with van der Waals surface area (Å²) in [5, 5.41) is 5.37. The van der Waals surface area contributed by atoms with Crippen molar-refractivity contribution >= 4 is 48.0 Å². The fraction of sp³-hybridized carbons (Fsp3) is 0.696. The molecule has 388 valence electrons. The Balaban J connectivity index is 1.35. The summed E-state index contributed by atoms with van der Waals surface area (Å²) in [4.78, 5) is 95.1. The van der Waals surface area contributed by atoms with E-state index < -0.39 is 103 Å². The average Bonchev–Trinajstić information content (AvgIpc) is 3.28. The van der Waals surface area contributed by atoms with Crippen molar-refractivity contribution in [3.63, 3.8) is 0 Å². The summed E-state index contributed by atoms with van der Waals surface area (Å²) < 4.78 is 71.9. The van der Waals surface area contributed by atoms with Crippen LogP contribution in [0.3, 0.4) is 0 Å². The number of carbonyl (C=O) groups is 8. The first-order valence-corrected chi connectivity index (χ1v) is 23.0. The minimum atomic E-state index is -1.00. The van der Waals surface area contributed by atoms with Gasteiger partial charge in [-0.05, 0) is 44.1 Å². The number of carbonyl (C=O) groups excluding carboxylic acids is 8. The summed E-state index contributed by atoms with van der Waals surface area (Å²) in [5.74, 6) is -3.56. The number of ether oxygens (including phenoxy) is 13. The number of rotatable bonds is 29. The molecular formula is C46H68N2O21. The third-order valence-electron chi connectivity index (χ3n) is 10.0. The summed E-state index contributed by atoms with van der Waals surface area (Å²) in [6.07, 6.45) is -5.65. The first-order chi connectivity index (χ1) is 33.0. The van der Waals surface area contributed by atoms with Crippen LogP contribution in [-0.4, -0.2) is 156 Å². The molecule has 23 heteroatoms. The Labute approximate surface area is 401 Å². The number of benzene rings is 1. The first kappa shape index (κ1) is 57.7. The molecule has 0 unspecified atom stereocenters. The van der Waals surface area contributed by atoms with Crippen LogP contribution in [0.2, 0.25) is 0 Å². The predicted octanol–water partition coefficient (Wildman–Crippen LogP) is 3.48. The molecule has 3 rings (SSSR count). The molecule has 0 aliphatic carbocycles. The molecule has 0 bridgehead atoms. The molecule has 8 atom stereocenters. The molecule has 2 heterocycles. The number of hydrogen-bond donors (Lipinski definition) is 2. The largest absolute Gasteiger partial charge is 0.463 e. The predicted molar refractivity (Wildman–Crippen MR) is 235 cm³/mol. The molecule has 2 aliphatic rings. The number of nitrogens with one attached hydrogen (secondary N) is 2. The van der Waals surface area contributed by atoms with E-state index in [9.17, 15) is 38.4 Å². The Morgan fingerprint density at radius 2 is 0.957 bits per heavy atom. The Kier molecular flexibility index (Phi) is 27.0. The van der Waals surface area contributed by atoms with Crippen LogP contribution < -0.4 is 10.6 Å². The van der Waals surface area contributed by atoms with Gasteiger partial charge in [0.2, 0.25) is 0 Å². The van der Waals surface area contributed by atoms with Gasteiger partial charge in [-0.25, -0.2) is 9.59 Å². The van der Waals surface area contributed by atoms with E-state index in [2.05, 4.69) is 10.6 Å². The van der Waals surface area contributed by atoms with E-state index in [1.807, 2.05) is 30.3 Å². The summed E-state index contributed by atoms with van der Waals surface area (Å²) in [6, 6.07) is 9.30. The van der Waals surface area contributed by atoms with Crippen molar-refractivity contribution < 1.29 is 99.9 Å². The van der Waals surface area contributed by atoms with Crippen LogP contribution >= 0.6 is 0 Å². The van der Waals surface area contributed by atoms with Crippen LogP contribution in [0.5, 0.6) is 0 Å². The quantitative estimate of drug-likeness (QED) is 0.0660. The van der Waals surface area contributed by atoms with E-state index in [4.69, 9.17) is 61.6 Å². The smallest absolute Gasteiger partial charge is 0.407 e. The molecule has 0 radical (unpaired) electrons. The average molecular weight is 985 g/mol.